The topological polar surface area (TPSA) is 0 Å². The zero-order valence-corrected chi connectivity index (χ0v) is 8.11. The third-order valence-corrected chi connectivity index (χ3v) is 3.20. The molecule has 1 aliphatic carbocycles. The fourth-order valence-corrected chi connectivity index (χ4v) is 2.04. The molecule has 0 nitrogen and oxygen atoms in total. The van der Waals surface area contributed by atoms with Gasteiger partial charge in [-0.2, -0.15) is 0 Å². The van der Waals surface area contributed by atoms with E-state index in [0.717, 1.165) is 5.92 Å². The third-order valence-electron chi connectivity index (χ3n) is 3.20. The minimum Gasteiger partial charge on any atom is -0.100 e. The molecule has 1 rings (SSSR count). The van der Waals surface area contributed by atoms with Crippen molar-refractivity contribution in [3.63, 3.8) is 0 Å². The quantitative estimate of drug-likeness (QED) is 0.538. The summed E-state index contributed by atoms with van der Waals surface area (Å²) in [5.41, 5.74) is 2.04. The van der Waals surface area contributed by atoms with E-state index < -0.39 is 0 Å². The minimum absolute atomic E-state index is 0.681. The summed E-state index contributed by atoms with van der Waals surface area (Å²) in [6, 6.07) is 0. The lowest BCUT2D eigenvalue weighted by Gasteiger charge is -2.21. The van der Waals surface area contributed by atoms with E-state index in [0.29, 0.717) is 5.41 Å². The lowest BCUT2D eigenvalue weighted by atomic mass is 9.84. The standard InChI is InChI=1S/C11H20/c1-5-10(4)11(6-7-11)8-9(2)3/h10H,2,5-8H2,1,3-4H3. The van der Waals surface area contributed by atoms with Gasteiger partial charge in [0, 0.05) is 0 Å². The van der Waals surface area contributed by atoms with Crippen LogP contribution in [0.4, 0.5) is 0 Å². The maximum absolute atomic E-state index is 4.00. The molecule has 0 aromatic rings. The number of allylic oxidation sites excluding steroid dienone is 1. The zero-order chi connectivity index (χ0) is 8.48. The predicted molar refractivity (Wildman–Crippen MR) is 50.6 cm³/mol. The molecular formula is C11H20. The zero-order valence-electron chi connectivity index (χ0n) is 8.11. The molecule has 0 aliphatic heterocycles. The van der Waals surface area contributed by atoms with Gasteiger partial charge in [0.25, 0.3) is 0 Å². The minimum atomic E-state index is 0.681. The van der Waals surface area contributed by atoms with Gasteiger partial charge in [0.1, 0.15) is 0 Å². The normalized spacial score (nSPS) is 22.8. The van der Waals surface area contributed by atoms with E-state index in [9.17, 15) is 0 Å². The Hall–Kier alpha value is -0.260. The number of rotatable bonds is 4. The molecular weight excluding hydrogens is 132 g/mol. The summed E-state index contributed by atoms with van der Waals surface area (Å²) < 4.78 is 0. The molecule has 1 fully saturated rings. The van der Waals surface area contributed by atoms with E-state index in [1.807, 2.05) is 0 Å². The molecule has 1 unspecified atom stereocenters. The van der Waals surface area contributed by atoms with Crippen molar-refractivity contribution in [2.24, 2.45) is 11.3 Å². The Morgan fingerprint density at radius 3 is 2.36 bits per heavy atom. The molecule has 0 amide bonds. The molecule has 0 bridgehead atoms. The lowest BCUT2D eigenvalue weighted by molar-refractivity contribution is 0.320. The Morgan fingerprint density at radius 2 is 2.09 bits per heavy atom. The Balaban J connectivity index is 2.46. The average molecular weight is 152 g/mol. The van der Waals surface area contributed by atoms with Crippen LogP contribution in [0.3, 0.4) is 0 Å². The molecule has 0 radical (unpaired) electrons. The first-order valence-electron chi connectivity index (χ1n) is 4.75. The van der Waals surface area contributed by atoms with Gasteiger partial charge in [0.15, 0.2) is 0 Å². The van der Waals surface area contributed by atoms with Crippen molar-refractivity contribution < 1.29 is 0 Å². The van der Waals surface area contributed by atoms with Crippen LogP contribution in [0.15, 0.2) is 12.2 Å². The first kappa shape index (κ1) is 8.83. The monoisotopic (exact) mass is 152 g/mol. The SMILES string of the molecule is C=C(C)CC1(C(C)CC)CC1. The summed E-state index contributed by atoms with van der Waals surface area (Å²) in [4.78, 5) is 0. The average Bonchev–Trinajstić information content (AvgIpc) is 2.67. The van der Waals surface area contributed by atoms with Crippen LogP contribution in [0.25, 0.3) is 0 Å². The molecule has 0 aromatic heterocycles. The first-order chi connectivity index (χ1) is 5.10. The van der Waals surface area contributed by atoms with Crippen LogP contribution in [-0.4, -0.2) is 0 Å². The van der Waals surface area contributed by atoms with Crippen molar-refractivity contribution in [1.82, 2.24) is 0 Å². The van der Waals surface area contributed by atoms with Gasteiger partial charge in [-0.25, -0.2) is 0 Å². The summed E-state index contributed by atoms with van der Waals surface area (Å²) in [5.74, 6) is 0.902. The van der Waals surface area contributed by atoms with Crippen molar-refractivity contribution in [3.8, 4) is 0 Å². The Morgan fingerprint density at radius 1 is 1.55 bits per heavy atom. The molecule has 1 aliphatic rings. The smallest absolute Gasteiger partial charge is 0.0235 e. The molecule has 0 N–H and O–H groups in total. The van der Waals surface area contributed by atoms with Crippen LogP contribution in [0, 0.1) is 11.3 Å². The molecule has 64 valence electrons. The fraction of sp³-hybridized carbons (Fsp3) is 0.818. The number of hydrogen-bond acceptors (Lipinski definition) is 0. The lowest BCUT2D eigenvalue weighted by Crippen LogP contribution is -2.11. The van der Waals surface area contributed by atoms with Crippen molar-refractivity contribution in [3.05, 3.63) is 12.2 Å². The van der Waals surface area contributed by atoms with Crippen LogP contribution in [0.1, 0.15) is 46.5 Å². The van der Waals surface area contributed by atoms with Crippen molar-refractivity contribution in [2.45, 2.75) is 46.5 Å². The van der Waals surface area contributed by atoms with E-state index in [1.54, 1.807) is 0 Å². The summed E-state index contributed by atoms with van der Waals surface area (Å²) in [6.07, 6.45) is 5.47. The molecule has 1 saturated carbocycles. The van der Waals surface area contributed by atoms with Crippen LogP contribution < -0.4 is 0 Å². The van der Waals surface area contributed by atoms with Crippen LogP contribution >= 0.6 is 0 Å². The van der Waals surface area contributed by atoms with Gasteiger partial charge in [0.2, 0.25) is 0 Å². The van der Waals surface area contributed by atoms with E-state index in [2.05, 4.69) is 27.4 Å². The first-order valence-corrected chi connectivity index (χ1v) is 4.75. The van der Waals surface area contributed by atoms with Gasteiger partial charge in [-0.3, -0.25) is 0 Å². The molecule has 11 heavy (non-hydrogen) atoms. The van der Waals surface area contributed by atoms with Gasteiger partial charge in [-0.05, 0) is 37.5 Å². The summed E-state index contributed by atoms with van der Waals surface area (Å²) in [7, 11) is 0. The predicted octanol–water partition coefficient (Wildman–Crippen LogP) is 3.78. The van der Waals surface area contributed by atoms with Gasteiger partial charge < -0.3 is 0 Å². The second-order valence-electron chi connectivity index (χ2n) is 4.31. The maximum atomic E-state index is 4.00. The largest absolute Gasteiger partial charge is 0.100 e. The highest BCUT2D eigenvalue weighted by Crippen LogP contribution is 2.56. The van der Waals surface area contributed by atoms with E-state index in [4.69, 9.17) is 0 Å². The number of hydrogen-bond donors (Lipinski definition) is 0. The highest BCUT2D eigenvalue weighted by Gasteiger charge is 2.45. The van der Waals surface area contributed by atoms with Crippen molar-refractivity contribution >= 4 is 0 Å². The highest BCUT2D eigenvalue weighted by molar-refractivity contribution is 5.05. The molecule has 1 atom stereocenters. The Bertz CT molecular complexity index is 151. The Kier molecular flexibility index (Phi) is 2.41. The summed E-state index contributed by atoms with van der Waals surface area (Å²) >= 11 is 0. The molecule has 0 aromatic carbocycles. The second kappa shape index (κ2) is 3.00. The van der Waals surface area contributed by atoms with Gasteiger partial charge in [-0.15, -0.1) is 6.58 Å². The molecule has 0 heterocycles. The molecule has 0 saturated heterocycles. The highest BCUT2D eigenvalue weighted by atomic mass is 14.5. The fourth-order valence-electron chi connectivity index (χ4n) is 2.04. The van der Waals surface area contributed by atoms with Crippen molar-refractivity contribution in [1.29, 1.82) is 0 Å². The van der Waals surface area contributed by atoms with Crippen molar-refractivity contribution in [2.75, 3.05) is 0 Å². The van der Waals surface area contributed by atoms with Gasteiger partial charge >= 0.3 is 0 Å². The van der Waals surface area contributed by atoms with E-state index >= 15 is 0 Å². The third kappa shape index (κ3) is 1.85. The van der Waals surface area contributed by atoms with Crippen LogP contribution in [-0.2, 0) is 0 Å². The van der Waals surface area contributed by atoms with Gasteiger partial charge in [-0.1, -0.05) is 25.8 Å². The summed E-state index contributed by atoms with van der Waals surface area (Å²) in [5, 5.41) is 0. The summed E-state index contributed by atoms with van der Waals surface area (Å²) in [6.45, 7) is 10.8. The van der Waals surface area contributed by atoms with Gasteiger partial charge in [0.05, 0.1) is 0 Å². The maximum Gasteiger partial charge on any atom is -0.0235 e. The van der Waals surface area contributed by atoms with Crippen LogP contribution in [0.5, 0.6) is 0 Å². The van der Waals surface area contributed by atoms with E-state index in [-0.39, 0.29) is 0 Å². The van der Waals surface area contributed by atoms with E-state index in [1.165, 1.54) is 31.3 Å². The molecule has 0 heteroatoms. The molecule has 0 spiro atoms. The van der Waals surface area contributed by atoms with Crippen LogP contribution in [0.2, 0.25) is 0 Å². The Labute approximate surface area is 70.7 Å². The second-order valence-corrected chi connectivity index (χ2v) is 4.31.